The molecule has 2 amide bonds. The molecule has 2 aliphatic rings. The number of amides is 2. The monoisotopic (exact) mass is 313 g/mol. The van der Waals surface area contributed by atoms with Crippen LogP contribution < -0.4 is 0 Å². The molecule has 1 aromatic heterocycles. The van der Waals surface area contributed by atoms with Crippen molar-refractivity contribution in [2.24, 2.45) is 11.8 Å². The number of hydrogen-bond acceptors (Lipinski definition) is 3. The second-order valence-corrected chi connectivity index (χ2v) is 6.40. The number of carbonyl (C=O) groups is 2. The third kappa shape index (κ3) is 1.93. The SMILES string of the molecule is O=C1C2C=CC=CC2C(=O)N1Cc1csc2ccc(F)cc12. The van der Waals surface area contributed by atoms with E-state index in [1.165, 1.54) is 28.4 Å². The Kier molecular flexibility index (Phi) is 2.97. The Labute approximate surface area is 130 Å². The zero-order valence-electron chi connectivity index (χ0n) is 11.5. The molecule has 0 saturated carbocycles. The van der Waals surface area contributed by atoms with Crippen molar-refractivity contribution in [1.29, 1.82) is 0 Å². The second-order valence-electron chi connectivity index (χ2n) is 5.49. The summed E-state index contributed by atoms with van der Waals surface area (Å²) < 4.78 is 14.4. The standard InChI is InChI=1S/C17H12FNO2S/c18-11-5-6-15-14(7-11)10(9-22-15)8-19-16(20)12-3-1-2-4-13(12)17(19)21/h1-7,9,12-13H,8H2. The van der Waals surface area contributed by atoms with Gasteiger partial charge in [-0.1, -0.05) is 24.3 Å². The molecule has 22 heavy (non-hydrogen) atoms. The Balaban J connectivity index is 1.69. The van der Waals surface area contributed by atoms with Gasteiger partial charge in [-0.3, -0.25) is 14.5 Å². The number of halogens is 1. The number of likely N-dealkylation sites (tertiary alicyclic amines) is 1. The van der Waals surface area contributed by atoms with Crippen LogP contribution in [0.3, 0.4) is 0 Å². The summed E-state index contributed by atoms with van der Waals surface area (Å²) in [4.78, 5) is 26.2. The molecule has 1 fully saturated rings. The quantitative estimate of drug-likeness (QED) is 0.798. The molecule has 2 atom stereocenters. The normalized spacial score (nSPS) is 23.6. The summed E-state index contributed by atoms with van der Waals surface area (Å²) in [6, 6.07) is 4.59. The van der Waals surface area contributed by atoms with Crippen LogP contribution in [0.25, 0.3) is 10.1 Å². The van der Waals surface area contributed by atoms with Gasteiger partial charge in [-0.15, -0.1) is 11.3 Å². The van der Waals surface area contributed by atoms with Crippen molar-refractivity contribution in [3.8, 4) is 0 Å². The van der Waals surface area contributed by atoms with E-state index in [9.17, 15) is 14.0 Å². The van der Waals surface area contributed by atoms with Crippen LogP contribution in [0.5, 0.6) is 0 Å². The van der Waals surface area contributed by atoms with Crippen LogP contribution >= 0.6 is 11.3 Å². The van der Waals surface area contributed by atoms with Gasteiger partial charge in [-0.05, 0) is 29.1 Å². The van der Waals surface area contributed by atoms with Gasteiger partial charge in [0.1, 0.15) is 5.82 Å². The number of thiophene rings is 1. The van der Waals surface area contributed by atoms with Gasteiger partial charge >= 0.3 is 0 Å². The van der Waals surface area contributed by atoms with E-state index in [2.05, 4.69) is 0 Å². The number of fused-ring (bicyclic) bond motifs is 2. The second kappa shape index (κ2) is 4.88. The van der Waals surface area contributed by atoms with Crippen molar-refractivity contribution >= 4 is 33.2 Å². The Morgan fingerprint density at radius 1 is 1.09 bits per heavy atom. The average Bonchev–Trinajstić information content (AvgIpc) is 3.03. The van der Waals surface area contributed by atoms with Crippen LogP contribution in [0.1, 0.15) is 5.56 Å². The lowest BCUT2D eigenvalue weighted by atomic mass is 9.91. The Morgan fingerprint density at radius 2 is 1.77 bits per heavy atom. The van der Waals surface area contributed by atoms with E-state index < -0.39 is 0 Å². The molecule has 0 bridgehead atoms. The van der Waals surface area contributed by atoms with Crippen molar-refractivity contribution in [1.82, 2.24) is 4.90 Å². The van der Waals surface area contributed by atoms with E-state index in [0.29, 0.717) is 0 Å². The van der Waals surface area contributed by atoms with Gasteiger partial charge in [0.2, 0.25) is 11.8 Å². The van der Waals surface area contributed by atoms with Gasteiger partial charge in [-0.2, -0.15) is 0 Å². The highest BCUT2D eigenvalue weighted by molar-refractivity contribution is 7.17. The molecule has 0 N–H and O–H groups in total. The summed E-state index contributed by atoms with van der Waals surface area (Å²) in [6.45, 7) is 0.204. The van der Waals surface area contributed by atoms with E-state index >= 15 is 0 Å². The van der Waals surface area contributed by atoms with Crippen molar-refractivity contribution in [2.45, 2.75) is 6.54 Å². The number of carbonyl (C=O) groups excluding carboxylic acids is 2. The molecule has 1 aliphatic heterocycles. The molecule has 110 valence electrons. The third-order valence-corrected chi connectivity index (χ3v) is 5.19. The zero-order valence-corrected chi connectivity index (χ0v) is 12.3. The van der Waals surface area contributed by atoms with Gasteiger partial charge in [0, 0.05) is 10.1 Å². The molecule has 2 unspecified atom stereocenters. The van der Waals surface area contributed by atoms with Crippen molar-refractivity contribution in [2.75, 3.05) is 0 Å². The first kappa shape index (κ1) is 13.4. The third-order valence-electron chi connectivity index (χ3n) is 4.18. The first-order valence-electron chi connectivity index (χ1n) is 7.01. The maximum Gasteiger partial charge on any atom is 0.237 e. The van der Waals surface area contributed by atoms with Crippen molar-refractivity contribution in [3.05, 3.63) is 59.3 Å². The summed E-state index contributed by atoms with van der Waals surface area (Å²) in [5.41, 5.74) is 0.813. The Hall–Kier alpha value is -2.27. The molecule has 1 saturated heterocycles. The summed E-state index contributed by atoms with van der Waals surface area (Å²) in [7, 11) is 0. The molecule has 2 aromatic rings. The average molecular weight is 313 g/mol. The van der Waals surface area contributed by atoms with Gasteiger partial charge in [0.15, 0.2) is 0 Å². The fourth-order valence-electron chi connectivity index (χ4n) is 3.05. The van der Waals surface area contributed by atoms with Crippen LogP contribution in [-0.2, 0) is 16.1 Å². The highest BCUT2D eigenvalue weighted by Crippen LogP contribution is 2.34. The molecular weight excluding hydrogens is 301 g/mol. The topological polar surface area (TPSA) is 37.4 Å². The lowest BCUT2D eigenvalue weighted by molar-refractivity contribution is -0.140. The highest BCUT2D eigenvalue weighted by Gasteiger charge is 2.45. The molecule has 0 radical (unpaired) electrons. The predicted octanol–water partition coefficient (Wildman–Crippen LogP) is 3.27. The molecular formula is C17H12FNO2S. The van der Waals surface area contributed by atoms with Crippen LogP contribution in [0.2, 0.25) is 0 Å². The first-order chi connectivity index (χ1) is 10.6. The molecule has 0 spiro atoms. The van der Waals surface area contributed by atoms with Crippen LogP contribution in [0.4, 0.5) is 4.39 Å². The van der Waals surface area contributed by atoms with E-state index in [-0.39, 0.29) is 36.0 Å². The molecule has 1 aromatic carbocycles. The summed E-state index contributed by atoms with van der Waals surface area (Å²) in [6.07, 6.45) is 7.14. The highest BCUT2D eigenvalue weighted by atomic mass is 32.1. The fourth-order valence-corrected chi connectivity index (χ4v) is 3.98. The largest absolute Gasteiger partial charge is 0.277 e. The summed E-state index contributed by atoms with van der Waals surface area (Å²) in [5.74, 6) is -1.44. The molecule has 2 heterocycles. The van der Waals surface area contributed by atoms with Crippen LogP contribution in [0.15, 0.2) is 47.9 Å². The summed E-state index contributed by atoms with van der Waals surface area (Å²) >= 11 is 1.49. The lowest BCUT2D eigenvalue weighted by Gasteiger charge is -2.13. The lowest BCUT2D eigenvalue weighted by Crippen LogP contribution is -2.30. The molecule has 5 heteroatoms. The number of rotatable bonds is 2. The number of imide groups is 1. The molecule has 4 rings (SSSR count). The molecule has 3 nitrogen and oxygen atoms in total. The van der Waals surface area contributed by atoms with E-state index in [4.69, 9.17) is 0 Å². The minimum Gasteiger partial charge on any atom is -0.277 e. The van der Waals surface area contributed by atoms with Gasteiger partial charge in [0.05, 0.1) is 18.4 Å². The predicted molar refractivity (Wildman–Crippen MR) is 82.6 cm³/mol. The maximum absolute atomic E-state index is 13.4. The van der Waals surface area contributed by atoms with E-state index in [1.807, 2.05) is 5.38 Å². The zero-order chi connectivity index (χ0) is 15.3. The van der Waals surface area contributed by atoms with Crippen molar-refractivity contribution in [3.63, 3.8) is 0 Å². The summed E-state index contributed by atoms with van der Waals surface area (Å²) in [5, 5.41) is 2.66. The number of hydrogen-bond donors (Lipinski definition) is 0. The fraction of sp³-hybridized carbons (Fsp3) is 0.176. The molecule has 1 aliphatic carbocycles. The van der Waals surface area contributed by atoms with Crippen LogP contribution in [-0.4, -0.2) is 16.7 Å². The first-order valence-corrected chi connectivity index (χ1v) is 7.89. The van der Waals surface area contributed by atoms with Gasteiger partial charge in [-0.25, -0.2) is 4.39 Å². The Morgan fingerprint density at radius 3 is 2.45 bits per heavy atom. The maximum atomic E-state index is 13.4. The number of allylic oxidation sites excluding steroid dienone is 2. The Bertz CT molecular complexity index is 821. The van der Waals surface area contributed by atoms with Gasteiger partial charge < -0.3 is 0 Å². The van der Waals surface area contributed by atoms with E-state index in [1.54, 1.807) is 30.4 Å². The van der Waals surface area contributed by atoms with Crippen LogP contribution in [0, 0.1) is 17.7 Å². The smallest absolute Gasteiger partial charge is 0.237 e. The number of benzene rings is 1. The minimum atomic E-state index is -0.390. The minimum absolute atomic E-state index is 0.175. The van der Waals surface area contributed by atoms with Crippen molar-refractivity contribution < 1.29 is 14.0 Å². The van der Waals surface area contributed by atoms with E-state index in [0.717, 1.165) is 15.6 Å². The van der Waals surface area contributed by atoms with Gasteiger partial charge in [0.25, 0.3) is 0 Å². The number of nitrogens with zero attached hydrogens (tertiary/aromatic N) is 1.